The Morgan fingerprint density at radius 1 is 1.64 bits per heavy atom. The molecule has 1 aromatic heterocycles. The van der Waals surface area contributed by atoms with Crippen molar-refractivity contribution < 1.29 is 4.79 Å². The molecule has 0 atom stereocenters. The third-order valence-electron chi connectivity index (χ3n) is 1.35. The molecular weight excluding hydrogens is 224 g/mol. The standard InChI is InChI=1S/C8H9BrOS/c1-6(10)2-3-7-4-5-8(9)11-7/h4-5H,2-3H2,1H3. The first kappa shape index (κ1) is 8.94. The van der Waals surface area contributed by atoms with Gasteiger partial charge in [0.2, 0.25) is 0 Å². The summed E-state index contributed by atoms with van der Waals surface area (Å²) in [5.41, 5.74) is 0. The normalized spacial score (nSPS) is 10.0. The van der Waals surface area contributed by atoms with Crippen molar-refractivity contribution in [3.05, 3.63) is 20.8 Å². The Balaban J connectivity index is 2.45. The van der Waals surface area contributed by atoms with E-state index in [-0.39, 0.29) is 5.78 Å². The van der Waals surface area contributed by atoms with Crippen LogP contribution in [-0.4, -0.2) is 5.78 Å². The highest BCUT2D eigenvalue weighted by atomic mass is 79.9. The molecule has 0 N–H and O–H groups in total. The quantitative estimate of drug-likeness (QED) is 0.784. The molecule has 11 heavy (non-hydrogen) atoms. The highest BCUT2D eigenvalue weighted by Crippen LogP contribution is 2.22. The van der Waals surface area contributed by atoms with Crippen LogP contribution in [0.1, 0.15) is 18.2 Å². The lowest BCUT2D eigenvalue weighted by atomic mass is 10.2. The number of thiophene rings is 1. The lowest BCUT2D eigenvalue weighted by Crippen LogP contribution is -1.91. The van der Waals surface area contributed by atoms with E-state index in [1.807, 2.05) is 6.07 Å². The second-order valence-electron chi connectivity index (χ2n) is 2.41. The zero-order chi connectivity index (χ0) is 8.27. The fraction of sp³-hybridized carbons (Fsp3) is 0.375. The minimum Gasteiger partial charge on any atom is -0.300 e. The summed E-state index contributed by atoms with van der Waals surface area (Å²) in [5, 5.41) is 0. The molecule has 0 aliphatic carbocycles. The van der Waals surface area contributed by atoms with E-state index in [0.29, 0.717) is 6.42 Å². The van der Waals surface area contributed by atoms with E-state index in [2.05, 4.69) is 22.0 Å². The minimum atomic E-state index is 0.259. The summed E-state index contributed by atoms with van der Waals surface area (Å²) in [7, 11) is 0. The third-order valence-corrected chi connectivity index (χ3v) is 3.04. The van der Waals surface area contributed by atoms with Gasteiger partial charge in [-0.1, -0.05) is 0 Å². The van der Waals surface area contributed by atoms with Gasteiger partial charge in [0.15, 0.2) is 0 Å². The molecule has 1 heterocycles. The number of carbonyl (C=O) groups is 1. The molecule has 0 saturated carbocycles. The smallest absolute Gasteiger partial charge is 0.130 e. The van der Waals surface area contributed by atoms with Crippen molar-refractivity contribution in [3.8, 4) is 0 Å². The molecule has 1 nitrogen and oxygen atoms in total. The number of Topliss-reactive ketones (excluding diaryl/α,β-unsaturated/α-hetero) is 1. The molecule has 0 fully saturated rings. The van der Waals surface area contributed by atoms with E-state index in [1.54, 1.807) is 18.3 Å². The zero-order valence-electron chi connectivity index (χ0n) is 6.26. The topological polar surface area (TPSA) is 17.1 Å². The molecule has 1 aromatic rings. The van der Waals surface area contributed by atoms with Crippen LogP contribution < -0.4 is 0 Å². The van der Waals surface area contributed by atoms with E-state index in [9.17, 15) is 4.79 Å². The largest absolute Gasteiger partial charge is 0.300 e. The highest BCUT2D eigenvalue weighted by molar-refractivity contribution is 9.11. The molecule has 0 amide bonds. The number of ketones is 1. The number of hydrogen-bond donors (Lipinski definition) is 0. The minimum absolute atomic E-state index is 0.259. The Morgan fingerprint density at radius 2 is 2.36 bits per heavy atom. The van der Waals surface area contributed by atoms with Crippen LogP contribution in [0.25, 0.3) is 0 Å². The predicted molar refractivity (Wildman–Crippen MR) is 51.0 cm³/mol. The van der Waals surface area contributed by atoms with Crippen LogP contribution in [0, 0.1) is 0 Å². The van der Waals surface area contributed by atoms with Gasteiger partial charge in [-0.2, -0.15) is 0 Å². The van der Waals surface area contributed by atoms with Gasteiger partial charge in [-0.05, 0) is 41.4 Å². The first-order chi connectivity index (χ1) is 5.18. The van der Waals surface area contributed by atoms with Crippen molar-refractivity contribution in [3.63, 3.8) is 0 Å². The van der Waals surface area contributed by atoms with Crippen LogP contribution >= 0.6 is 27.3 Å². The van der Waals surface area contributed by atoms with Gasteiger partial charge in [0.1, 0.15) is 5.78 Å². The summed E-state index contributed by atoms with van der Waals surface area (Å²) in [6, 6.07) is 4.07. The fourth-order valence-corrected chi connectivity index (χ4v) is 2.27. The lowest BCUT2D eigenvalue weighted by molar-refractivity contribution is -0.116. The maximum Gasteiger partial charge on any atom is 0.130 e. The second-order valence-corrected chi connectivity index (χ2v) is 4.96. The number of halogens is 1. The molecule has 0 saturated heterocycles. The van der Waals surface area contributed by atoms with E-state index < -0.39 is 0 Å². The third kappa shape index (κ3) is 3.16. The molecule has 0 aromatic carbocycles. The molecule has 60 valence electrons. The molecule has 0 aliphatic rings. The Kier molecular flexibility index (Phi) is 3.27. The molecular formula is C8H9BrOS. The van der Waals surface area contributed by atoms with E-state index in [1.165, 1.54) is 4.88 Å². The van der Waals surface area contributed by atoms with Crippen LogP contribution in [0.4, 0.5) is 0 Å². The number of rotatable bonds is 3. The SMILES string of the molecule is CC(=O)CCc1ccc(Br)s1. The predicted octanol–water partition coefficient (Wildman–Crippen LogP) is 3.03. The van der Waals surface area contributed by atoms with Crippen molar-refractivity contribution in [2.45, 2.75) is 19.8 Å². The maximum absolute atomic E-state index is 10.6. The molecule has 0 radical (unpaired) electrons. The van der Waals surface area contributed by atoms with Crippen LogP contribution in [-0.2, 0) is 11.2 Å². The monoisotopic (exact) mass is 232 g/mol. The Labute approximate surface area is 78.6 Å². The van der Waals surface area contributed by atoms with E-state index in [4.69, 9.17) is 0 Å². The van der Waals surface area contributed by atoms with Crippen LogP contribution in [0.3, 0.4) is 0 Å². The molecule has 3 heteroatoms. The Morgan fingerprint density at radius 3 is 2.82 bits per heavy atom. The van der Waals surface area contributed by atoms with Gasteiger partial charge in [0.05, 0.1) is 3.79 Å². The summed E-state index contributed by atoms with van der Waals surface area (Å²) >= 11 is 5.07. The van der Waals surface area contributed by atoms with E-state index in [0.717, 1.165) is 10.2 Å². The summed E-state index contributed by atoms with van der Waals surface area (Å²) < 4.78 is 1.14. The van der Waals surface area contributed by atoms with Gasteiger partial charge >= 0.3 is 0 Å². The van der Waals surface area contributed by atoms with Crippen molar-refractivity contribution in [1.82, 2.24) is 0 Å². The van der Waals surface area contributed by atoms with Gasteiger partial charge in [0, 0.05) is 11.3 Å². The second kappa shape index (κ2) is 4.02. The van der Waals surface area contributed by atoms with Crippen molar-refractivity contribution in [1.29, 1.82) is 0 Å². The molecule has 0 spiro atoms. The summed E-state index contributed by atoms with van der Waals surface area (Å²) in [4.78, 5) is 11.9. The van der Waals surface area contributed by atoms with Gasteiger partial charge in [-0.3, -0.25) is 0 Å². The average molecular weight is 233 g/mol. The Hall–Kier alpha value is -0.150. The Bertz CT molecular complexity index is 254. The average Bonchev–Trinajstić information content (AvgIpc) is 2.31. The van der Waals surface area contributed by atoms with Crippen molar-refractivity contribution >= 4 is 33.0 Å². The first-order valence-corrected chi connectivity index (χ1v) is 5.03. The van der Waals surface area contributed by atoms with Crippen LogP contribution in [0.2, 0.25) is 0 Å². The van der Waals surface area contributed by atoms with Crippen LogP contribution in [0.5, 0.6) is 0 Å². The highest BCUT2D eigenvalue weighted by Gasteiger charge is 1.98. The van der Waals surface area contributed by atoms with Crippen molar-refractivity contribution in [2.75, 3.05) is 0 Å². The van der Waals surface area contributed by atoms with Gasteiger partial charge in [0.25, 0.3) is 0 Å². The maximum atomic E-state index is 10.6. The van der Waals surface area contributed by atoms with Gasteiger partial charge in [-0.25, -0.2) is 0 Å². The van der Waals surface area contributed by atoms with Crippen LogP contribution in [0.15, 0.2) is 15.9 Å². The van der Waals surface area contributed by atoms with Crippen molar-refractivity contribution in [2.24, 2.45) is 0 Å². The van der Waals surface area contributed by atoms with Gasteiger partial charge in [-0.15, -0.1) is 11.3 Å². The van der Waals surface area contributed by atoms with E-state index >= 15 is 0 Å². The molecule has 0 aliphatic heterocycles. The summed E-state index contributed by atoms with van der Waals surface area (Å²) in [5.74, 6) is 0.259. The molecule has 0 bridgehead atoms. The number of aryl methyl sites for hydroxylation is 1. The lowest BCUT2D eigenvalue weighted by Gasteiger charge is -1.90. The summed E-state index contributed by atoms with van der Waals surface area (Å²) in [6.07, 6.45) is 1.54. The first-order valence-electron chi connectivity index (χ1n) is 3.42. The number of hydrogen-bond acceptors (Lipinski definition) is 2. The molecule has 1 rings (SSSR count). The summed E-state index contributed by atoms with van der Waals surface area (Å²) in [6.45, 7) is 1.63. The van der Waals surface area contributed by atoms with Gasteiger partial charge < -0.3 is 4.79 Å². The molecule has 0 unspecified atom stereocenters. The number of carbonyl (C=O) groups excluding carboxylic acids is 1. The fourth-order valence-electron chi connectivity index (χ4n) is 0.785. The zero-order valence-corrected chi connectivity index (χ0v) is 8.67.